The monoisotopic (exact) mass is 264 g/mol. The van der Waals surface area contributed by atoms with Crippen molar-refractivity contribution in [3.63, 3.8) is 0 Å². The van der Waals surface area contributed by atoms with Crippen LogP contribution in [0.2, 0.25) is 0 Å². The first-order valence-electron chi connectivity index (χ1n) is 4.46. The van der Waals surface area contributed by atoms with Crippen LogP contribution in [0.25, 0.3) is 0 Å². The van der Waals surface area contributed by atoms with Gasteiger partial charge in [0.25, 0.3) is 0 Å². The Kier molecular flexibility index (Phi) is 3.24. The highest BCUT2D eigenvalue weighted by Gasteiger charge is 1.95. The molecule has 2 heterocycles. The van der Waals surface area contributed by atoms with Crippen molar-refractivity contribution in [1.82, 2.24) is 15.2 Å². The van der Waals surface area contributed by atoms with Gasteiger partial charge in [0.15, 0.2) is 0 Å². The van der Waals surface area contributed by atoms with E-state index in [1.54, 1.807) is 12.4 Å². The number of aromatic nitrogens is 3. The van der Waals surface area contributed by atoms with Crippen LogP contribution in [-0.4, -0.2) is 15.2 Å². The number of nitrogens with zero attached hydrogens (tertiary/aromatic N) is 3. The van der Waals surface area contributed by atoms with Crippen LogP contribution < -0.4 is 5.32 Å². The lowest BCUT2D eigenvalue weighted by molar-refractivity contribution is 0.920. The maximum Gasteiger partial charge on any atom is 0.126 e. The molecule has 0 atom stereocenters. The SMILES string of the molecule is Brc1ccc(NCc2cccnn2)nc1. The Morgan fingerprint density at radius 3 is 2.87 bits per heavy atom. The number of anilines is 1. The fourth-order valence-corrected chi connectivity index (χ4v) is 1.32. The predicted molar refractivity (Wildman–Crippen MR) is 61.3 cm³/mol. The molecule has 2 aromatic heterocycles. The first-order valence-corrected chi connectivity index (χ1v) is 5.26. The zero-order valence-corrected chi connectivity index (χ0v) is 9.48. The summed E-state index contributed by atoms with van der Waals surface area (Å²) < 4.78 is 0.965. The minimum atomic E-state index is 0.627. The highest BCUT2D eigenvalue weighted by atomic mass is 79.9. The summed E-state index contributed by atoms with van der Waals surface area (Å²) >= 11 is 3.33. The summed E-state index contributed by atoms with van der Waals surface area (Å²) in [4.78, 5) is 4.19. The fraction of sp³-hybridized carbons (Fsp3) is 0.100. The summed E-state index contributed by atoms with van der Waals surface area (Å²) in [5.41, 5.74) is 0.891. The molecule has 1 N–H and O–H groups in total. The zero-order chi connectivity index (χ0) is 10.5. The van der Waals surface area contributed by atoms with E-state index in [0.717, 1.165) is 16.0 Å². The third-order valence-electron chi connectivity index (χ3n) is 1.81. The summed E-state index contributed by atoms with van der Waals surface area (Å²) in [5, 5.41) is 10.9. The van der Waals surface area contributed by atoms with Crippen LogP contribution in [0, 0.1) is 0 Å². The first-order chi connectivity index (χ1) is 7.34. The zero-order valence-electron chi connectivity index (χ0n) is 7.89. The van der Waals surface area contributed by atoms with Gasteiger partial charge in [-0.2, -0.15) is 10.2 Å². The molecule has 0 spiro atoms. The van der Waals surface area contributed by atoms with E-state index in [1.807, 2.05) is 24.3 Å². The highest BCUT2D eigenvalue weighted by molar-refractivity contribution is 9.10. The van der Waals surface area contributed by atoms with E-state index in [4.69, 9.17) is 0 Å². The van der Waals surface area contributed by atoms with Crippen molar-refractivity contribution in [2.24, 2.45) is 0 Å². The lowest BCUT2D eigenvalue weighted by Gasteiger charge is -2.03. The number of hydrogen-bond donors (Lipinski definition) is 1. The van der Waals surface area contributed by atoms with E-state index in [-0.39, 0.29) is 0 Å². The molecule has 0 unspecified atom stereocenters. The molecule has 2 aromatic rings. The second-order valence-electron chi connectivity index (χ2n) is 2.93. The van der Waals surface area contributed by atoms with Crippen molar-refractivity contribution in [2.45, 2.75) is 6.54 Å². The first kappa shape index (κ1) is 10.0. The van der Waals surface area contributed by atoms with E-state index in [0.29, 0.717) is 6.54 Å². The van der Waals surface area contributed by atoms with Crippen molar-refractivity contribution in [1.29, 1.82) is 0 Å². The Bertz CT molecular complexity index is 415. The van der Waals surface area contributed by atoms with E-state index >= 15 is 0 Å². The Morgan fingerprint density at radius 2 is 2.20 bits per heavy atom. The van der Waals surface area contributed by atoms with Crippen molar-refractivity contribution in [3.05, 3.63) is 46.8 Å². The number of nitrogens with one attached hydrogen (secondary N) is 1. The molecule has 15 heavy (non-hydrogen) atoms. The molecule has 0 bridgehead atoms. The average molecular weight is 265 g/mol. The largest absolute Gasteiger partial charge is 0.364 e. The summed E-state index contributed by atoms with van der Waals surface area (Å²) in [7, 11) is 0. The number of rotatable bonds is 3. The third kappa shape index (κ3) is 2.99. The topological polar surface area (TPSA) is 50.7 Å². The van der Waals surface area contributed by atoms with Crippen molar-refractivity contribution >= 4 is 21.7 Å². The summed E-state index contributed by atoms with van der Waals surface area (Å²) in [5.74, 6) is 0.823. The van der Waals surface area contributed by atoms with Gasteiger partial charge in [-0.05, 0) is 40.2 Å². The second kappa shape index (κ2) is 4.84. The molecule has 0 aliphatic rings. The third-order valence-corrected chi connectivity index (χ3v) is 2.27. The second-order valence-corrected chi connectivity index (χ2v) is 3.85. The molecule has 0 radical (unpaired) electrons. The number of pyridine rings is 1. The molecule has 0 aromatic carbocycles. The molecule has 0 fully saturated rings. The Hall–Kier alpha value is -1.49. The standard InChI is InChI=1S/C10H9BrN4/c11-8-3-4-10(12-6-8)13-7-9-2-1-5-14-15-9/h1-6H,7H2,(H,12,13). The van der Waals surface area contributed by atoms with Gasteiger partial charge in [0.1, 0.15) is 5.82 Å². The molecule has 0 aliphatic carbocycles. The fourth-order valence-electron chi connectivity index (χ4n) is 1.09. The van der Waals surface area contributed by atoms with Crippen LogP contribution in [0.3, 0.4) is 0 Å². The lowest BCUT2D eigenvalue weighted by atomic mass is 10.4. The minimum Gasteiger partial charge on any atom is -0.364 e. The Balaban J connectivity index is 1.96. The van der Waals surface area contributed by atoms with E-state index in [9.17, 15) is 0 Å². The predicted octanol–water partition coefficient (Wildman–Crippen LogP) is 2.25. The quantitative estimate of drug-likeness (QED) is 0.924. The minimum absolute atomic E-state index is 0.627. The molecule has 0 saturated carbocycles. The molecule has 0 aliphatic heterocycles. The number of hydrogen-bond acceptors (Lipinski definition) is 4. The lowest BCUT2D eigenvalue weighted by Crippen LogP contribution is -2.03. The molecular weight excluding hydrogens is 256 g/mol. The number of halogens is 1. The van der Waals surface area contributed by atoms with Crippen LogP contribution in [0.4, 0.5) is 5.82 Å². The van der Waals surface area contributed by atoms with Gasteiger partial charge in [0.2, 0.25) is 0 Å². The Morgan fingerprint density at radius 1 is 1.27 bits per heavy atom. The van der Waals surface area contributed by atoms with Crippen LogP contribution >= 0.6 is 15.9 Å². The van der Waals surface area contributed by atoms with Gasteiger partial charge in [0, 0.05) is 16.9 Å². The van der Waals surface area contributed by atoms with E-state index in [2.05, 4.69) is 36.4 Å². The van der Waals surface area contributed by atoms with Gasteiger partial charge < -0.3 is 5.32 Å². The van der Waals surface area contributed by atoms with Crippen LogP contribution in [0.5, 0.6) is 0 Å². The maximum atomic E-state index is 4.19. The van der Waals surface area contributed by atoms with Crippen molar-refractivity contribution in [3.8, 4) is 0 Å². The summed E-state index contributed by atoms with van der Waals surface area (Å²) in [6.07, 6.45) is 3.40. The van der Waals surface area contributed by atoms with Gasteiger partial charge in [-0.25, -0.2) is 4.98 Å². The Labute approximate surface area is 95.9 Å². The molecular formula is C10H9BrN4. The van der Waals surface area contributed by atoms with Gasteiger partial charge in [-0.1, -0.05) is 0 Å². The smallest absolute Gasteiger partial charge is 0.126 e. The summed E-state index contributed by atoms with van der Waals surface area (Å²) in [6.45, 7) is 0.627. The van der Waals surface area contributed by atoms with Gasteiger partial charge >= 0.3 is 0 Å². The molecule has 5 heteroatoms. The van der Waals surface area contributed by atoms with E-state index < -0.39 is 0 Å². The average Bonchev–Trinajstić information content (AvgIpc) is 2.30. The maximum absolute atomic E-state index is 4.19. The van der Waals surface area contributed by atoms with E-state index in [1.165, 1.54) is 0 Å². The van der Waals surface area contributed by atoms with Crippen LogP contribution in [0.15, 0.2) is 41.1 Å². The van der Waals surface area contributed by atoms with Crippen molar-refractivity contribution < 1.29 is 0 Å². The van der Waals surface area contributed by atoms with Gasteiger partial charge in [-0.15, -0.1) is 0 Å². The normalized spacial score (nSPS) is 9.93. The van der Waals surface area contributed by atoms with Crippen LogP contribution in [0.1, 0.15) is 5.69 Å². The molecule has 0 amide bonds. The van der Waals surface area contributed by atoms with Crippen LogP contribution in [-0.2, 0) is 6.54 Å². The molecule has 2 rings (SSSR count). The van der Waals surface area contributed by atoms with Crippen molar-refractivity contribution in [2.75, 3.05) is 5.32 Å². The molecule has 0 saturated heterocycles. The molecule has 4 nitrogen and oxygen atoms in total. The molecule has 76 valence electrons. The van der Waals surface area contributed by atoms with Gasteiger partial charge in [0.05, 0.1) is 12.2 Å². The highest BCUT2D eigenvalue weighted by Crippen LogP contribution is 2.10. The van der Waals surface area contributed by atoms with Gasteiger partial charge in [-0.3, -0.25) is 0 Å². The summed E-state index contributed by atoms with van der Waals surface area (Å²) in [6, 6.07) is 7.62.